The van der Waals surface area contributed by atoms with Gasteiger partial charge in [-0.1, -0.05) is 66.6 Å². The Morgan fingerprint density at radius 2 is 1.57 bits per heavy atom. The Labute approximate surface area is 205 Å². The van der Waals surface area contributed by atoms with Crippen LogP contribution in [0.25, 0.3) is 0 Å². The van der Waals surface area contributed by atoms with E-state index in [1.807, 2.05) is 60.7 Å². The average molecular weight is 482 g/mol. The number of hydrogen-bond acceptors (Lipinski definition) is 7. The van der Waals surface area contributed by atoms with E-state index in [1.54, 1.807) is 0 Å². The van der Waals surface area contributed by atoms with E-state index in [0.717, 1.165) is 11.1 Å². The summed E-state index contributed by atoms with van der Waals surface area (Å²) in [4.78, 5) is 24.0. The smallest absolute Gasteiger partial charge is 0.303 e. The van der Waals surface area contributed by atoms with Crippen molar-refractivity contribution in [3.05, 3.63) is 71.8 Å². The maximum Gasteiger partial charge on any atom is 0.303 e. The second kappa shape index (κ2) is 13.6. The third-order valence-corrected chi connectivity index (χ3v) is 5.33. The molecule has 1 fully saturated rings. The second-order valence-electron chi connectivity index (χ2n) is 8.12. The first-order chi connectivity index (χ1) is 17.0. The summed E-state index contributed by atoms with van der Waals surface area (Å²) in [5.41, 5.74) is 1.92. The van der Waals surface area contributed by atoms with E-state index in [4.69, 9.17) is 30.1 Å². The van der Waals surface area contributed by atoms with Gasteiger partial charge in [0.2, 0.25) is 5.91 Å². The largest absolute Gasteiger partial charge is 0.457 e. The Hall–Kier alpha value is -3.22. The van der Waals surface area contributed by atoms with Gasteiger partial charge in [-0.05, 0) is 11.1 Å². The molecule has 1 heterocycles. The Bertz CT molecular complexity index is 976. The molecule has 2 aromatic rings. The fraction of sp³-hybridized carbons (Fsp3) is 0.407. The summed E-state index contributed by atoms with van der Waals surface area (Å²) in [6.45, 7) is 3.30. The van der Waals surface area contributed by atoms with Gasteiger partial charge in [-0.25, -0.2) is 0 Å². The maximum absolute atomic E-state index is 12.0. The molecule has 2 aromatic carbocycles. The van der Waals surface area contributed by atoms with E-state index in [1.165, 1.54) is 13.8 Å². The number of amides is 1. The fourth-order valence-electron chi connectivity index (χ4n) is 3.86. The van der Waals surface area contributed by atoms with Crippen molar-refractivity contribution in [2.24, 2.45) is 0 Å². The monoisotopic (exact) mass is 481 g/mol. The molecule has 8 nitrogen and oxygen atoms in total. The van der Waals surface area contributed by atoms with Crippen LogP contribution < -0.4 is 5.32 Å². The number of terminal acetylenes is 1. The summed E-state index contributed by atoms with van der Waals surface area (Å²) in [7, 11) is 0. The predicted molar refractivity (Wildman–Crippen MR) is 128 cm³/mol. The molecule has 5 atom stereocenters. The van der Waals surface area contributed by atoms with Crippen LogP contribution in [0.1, 0.15) is 25.0 Å². The molecule has 0 spiro atoms. The number of ether oxygens (including phenoxy) is 5. The summed E-state index contributed by atoms with van der Waals surface area (Å²) in [5, 5.41) is 2.82. The zero-order chi connectivity index (χ0) is 25.0. The highest BCUT2D eigenvalue weighted by Crippen LogP contribution is 2.28. The first-order valence-corrected chi connectivity index (χ1v) is 11.4. The lowest BCUT2D eigenvalue weighted by Crippen LogP contribution is -2.66. The van der Waals surface area contributed by atoms with Crippen LogP contribution in [0.5, 0.6) is 0 Å². The summed E-state index contributed by atoms with van der Waals surface area (Å²) < 4.78 is 29.7. The summed E-state index contributed by atoms with van der Waals surface area (Å²) in [6.07, 6.45) is 2.10. The lowest BCUT2D eigenvalue weighted by Gasteiger charge is -2.45. The number of esters is 1. The first kappa shape index (κ1) is 26.4. The summed E-state index contributed by atoms with van der Waals surface area (Å²) >= 11 is 0. The number of carbonyl (C=O) groups is 2. The van der Waals surface area contributed by atoms with Crippen LogP contribution >= 0.6 is 0 Å². The molecule has 186 valence electrons. The molecule has 0 radical (unpaired) electrons. The molecular formula is C27H31NO7. The zero-order valence-corrected chi connectivity index (χ0v) is 19.9. The van der Waals surface area contributed by atoms with Crippen molar-refractivity contribution < 1.29 is 33.3 Å². The molecule has 35 heavy (non-hydrogen) atoms. The molecule has 1 amide bonds. The van der Waals surface area contributed by atoms with Gasteiger partial charge in [-0.2, -0.15) is 0 Å². The van der Waals surface area contributed by atoms with Crippen molar-refractivity contribution in [2.75, 3.05) is 13.2 Å². The van der Waals surface area contributed by atoms with Gasteiger partial charge in [0.1, 0.15) is 24.9 Å². The van der Waals surface area contributed by atoms with Gasteiger partial charge in [0, 0.05) is 13.8 Å². The molecule has 3 rings (SSSR count). The van der Waals surface area contributed by atoms with Crippen LogP contribution in [0.15, 0.2) is 60.7 Å². The molecule has 1 aliphatic heterocycles. The third kappa shape index (κ3) is 8.19. The number of hydrogen-bond donors (Lipinski definition) is 1. The topological polar surface area (TPSA) is 92.3 Å². The van der Waals surface area contributed by atoms with Crippen LogP contribution in [-0.2, 0) is 46.5 Å². The van der Waals surface area contributed by atoms with Crippen LogP contribution in [0.3, 0.4) is 0 Å². The minimum atomic E-state index is -0.904. The molecule has 1 aliphatic rings. The van der Waals surface area contributed by atoms with E-state index in [-0.39, 0.29) is 25.7 Å². The standard InChI is InChI=1S/C27H31NO7/c1-4-15-32-26-24(28-19(2)29)27(33-17-22-13-9-6-10-14-22)35-23(25(26)34-20(3)30)18-31-16-21-11-7-5-8-12-21/h1,5-14,23-27H,15-18H2,2-3H3,(H,28,29)/t23-,24-,25-,26-,27-/m1/s1. The van der Waals surface area contributed by atoms with E-state index >= 15 is 0 Å². The van der Waals surface area contributed by atoms with Gasteiger partial charge < -0.3 is 29.0 Å². The van der Waals surface area contributed by atoms with Crippen LogP contribution in [0.4, 0.5) is 0 Å². The molecule has 0 saturated carbocycles. The van der Waals surface area contributed by atoms with Crippen molar-refractivity contribution in [1.82, 2.24) is 5.32 Å². The molecular weight excluding hydrogens is 450 g/mol. The van der Waals surface area contributed by atoms with Gasteiger partial charge in [-0.15, -0.1) is 6.42 Å². The SMILES string of the molecule is C#CCO[C@@H]1[C@@H](NC(C)=O)[C@H](OCc2ccccc2)O[C@H](COCc2ccccc2)[C@H]1OC(C)=O. The highest BCUT2D eigenvalue weighted by atomic mass is 16.7. The molecule has 0 aromatic heterocycles. The van der Waals surface area contributed by atoms with Gasteiger partial charge in [0.05, 0.1) is 19.8 Å². The molecule has 0 bridgehead atoms. The number of rotatable bonds is 11. The lowest BCUT2D eigenvalue weighted by molar-refractivity contribution is -0.284. The predicted octanol–water partition coefficient (Wildman–Crippen LogP) is 2.60. The second-order valence-corrected chi connectivity index (χ2v) is 8.12. The van der Waals surface area contributed by atoms with Gasteiger partial charge >= 0.3 is 5.97 Å². The van der Waals surface area contributed by atoms with Crippen molar-refractivity contribution in [2.45, 2.75) is 57.7 Å². The Morgan fingerprint density at radius 3 is 2.14 bits per heavy atom. The van der Waals surface area contributed by atoms with Gasteiger partial charge in [0.15, 0.2) is 12.4 Å². The average Bonchev–Trinajstić information content (AvgIpc) is 2.84. The first-order valence-electron chi connectivity index (χ1n) is 11.4. The van der Waals surface area contributed by atoms with E-state index in [9.17, 15) is 9.59 Å². The molecule has 0 unspecified atom stereocenters. The van der Waals surface area contributed by atoms with Gasteiger partial charge in [0.25, 0.3) is 0 Å². The van der Waals surface area contributed by atoms with E-state index in [2.05, 4.69) is 11.2 Å². The van der Waals surface area contributed by atoms with Crippen molar-refractivity contribution >= 4 is 11.9 Å². The highest BCUT2D eigenvalue weighted by molar-refractivity contribution is 5.73. The number of nitrogens with one attached hydrogen (secondary N) is 1. The van der Waals surface area contributed by atoms with E-state index < -0.39 is 36.6 Å². The zero-order valence-electron chi connectivity index (χ0n) is 19.9. The van der Waals surface area contributed by atoms with Gasteiger partial charge in [-0.3, -0.25) is 9.59 Å². The summed E-state index contributed by atoms with van der Waals surface area (Å²) in [6, 6.07) is 18.4. The molecule has 1 saturated heterocycles. The Morgan fingerprint density at radius 1 is 0.943 bits per heavy atom. The minimum absolute atomic E-state index is 0.0541. The molecule has 1 N–H and O–H groups in total. The fourth-order valence-corrected chi connectivity index (χ4v) is 3.86. The number of benzene rings is 2. The molecule has 0 aliphatic carbocycles. The Balaban J connectivity index is 1.82. The highest BCUT2D eigenvalue weighted by Gasteiger charge is 2.49. The van der Waals surface area contributed by atoms with Crippen LogP contribution in [0, 0.1) is 12.3 Å². The Kier molecular flexibility index (Phi) is 10.3. The minimum Gasteiger partial charge on any atom is -0.457 e. The van der Waals surface area contributed by atoms with Crippen LogP contribution in [-0.4, -0.2) is 55.7 Å². The maximum atomic E-state index is 12.0. The number of carbonyl (C=O) groups excluding carboxylic acids is 2. The van der Waals surface area contributed by atoms with Crippen molar-refractivity contribution in [1.29, 1.82) is 0 Å². The van der Waals surface area contributed by atoms with Crippen LogP contribution in [0.2, 0.25) is 0 Å². The normalized spacial score (nSPS) is 23.7. The summed E-state index contributed by atoms with van der Waals surface area (Å²) in [5.74, 6) is 1.59. The molecule has 8 heteroatoms. The lowest BCUT2D eigenvalue weighted by atomic mass is 9.96. The van der Waals surface area contributed by atoms with Crippen molar-refractivity contribution in [3.63, 3.8) is 0 Å². The van der Waals surface area contributed by atoms with Crippen molar-refractivity contribution in [3.8, 4) is 12.3 Å². The van der Waals surface area contributed by atoms with E-state index in [0.29, 0.717) is 6.61 Å². The third-order valence-electron chi connectivity index (χ3n) is 5.33. The quantitative estimate of drug-likeness (QED) is 0.390.